The SMILES string of the molecule is CC#CCNC1CCS(=O)(=O)c2ccccc21. The van der Waals surface area contributed by atoms with Crippen molar-refractivity contribution in [3.63, 3.8) is 0 Å². The molecule has 0 bridgehead atoms. The van der Waals surface area contributed by atoms with Gasteiger partial charge in [0, 0.05) is 6.04 Å². The summed E-state index contributed by atoms with van der Waals surface area (Å²) in [5.41, 5.74) is 0.872. The molecule has 1 N–H and O–H groups in total. The van der Waals surface area contributed by atoms with Gasteiger partial charge in [0.15, 0.2) is 9.84 Å². The van der Waals surface area contributed by atoms with Gasteiger partial charge in [-0.1, -0.05) is 24.1 Å². The Bertz CT molecular complexity index is 567. The van der Waals surface area contributed by atoms with Gasteiger partial charge in [-0.2, -0.15) is 0 Å². The van der Waals surface area contributed by atoms with Crippen molar-refractivity contribution in [2.45, 2.75) is 24.3 Å². The van der Waals surface area contributed by atoms with E-state index in [0.717, 1.165) is 5.56 Å². The topological polar surface area (TPSA) is 46.2 Å². The first-order valence-corrected chi connectivity index (χ1v) is 7.25. The van der Waals surface area contributed by atoms with Crippen LogP contribution in [0.25, 0.3) is 0 Å². The number of rotatable bonds is 2. The Hall–Kier alpha value is -1.31. The molecule has 1 atom stereocenters. The highest BCUT2D eigenvalue weighted by Crippen LogP contribution is 2.31. The molecule has 1 aliphatic rings. The van der Waals surface area contributed by atoms with Crippen LogP contribution in [0.5, 0.6) is 0 Å². The molecular formula is C13H15NO2S. The Morgan fingerprint density at radius 3 is 2.94 bits per heavy atom. The van der Waals surface area contributed by atoms with Crippen molar-refractivity contribution in [1.29, 1.82) is 0 Å². The fourth-order valence-electron chi connectivity index (χ4n) is 2.06. The van der Waals surface area contributed by atoms with Gasteiger partial charge >= 0.3 is 0 Å². The average molecular weight is 249 g/mol. The summed E-state index contributed by atoms with van der Waals surface area (Å²) in [6, 6.07) is 7.30. The fourth-order valence-corrected chi connectivity index (χ4v) is 3.69. The largest absolute Gasteiger partial charge is 0.299 e. The smallest absolute Gasteiger partial charge is 0.178 e. The summed E-state index contributed by atoms with van der Waals surface area (Å²) in [5, 5.41) is 3.28. The summed E-state index contributed by atoms with van der Waals surface area (Å²) in [6.07, 6.45) is 0.616. The molecule has 0 fully saturated rings. The van der Waals surface area contributed by atoms with Gasteiger partial charge in [-0.05, 0) is 25.0 Å². The molecule has 2 rings (SSSR count). The Morgan fingerprint density at radius 2 is 2.18 bits per heavy atom. The predicted molar refractivity (Wildman–Crippen MR) is 67.3 cm³/mol. The quantitative estimate of drug-likeness (QED) is 0.808. The molecule has 1 aromatic carbocycles. The number of hydrogen-bond acceptors (Lipinski definition) is 3. The van der Waals surface area contributed by atoms with Crippen molar-refractivity contribution in [2.75, 3.05) is 12.3 Å². The zero-order valence-electron chi connectivity index (χ0n) is 9.73. The normalized spacial score (nSPS) is 21.1. The van der Waals surface area contributed by atoms with Crippen LogP contribution in [0.1, 0.15) is 24.9 Å². The second-order valence-electron chi connectivity index (χ2n) is 4.01. The summed E-state index contributed by atoms with van der Waals surface area (Å²) in [7, 11) is -3.08. The summed E-state index contributed by atoms with van der Waals surface area (Å²) >= 11 is 0. The third kappa shape index (κ3) is 2.51. The van der Waals surface area contributed by atoms with E-state index in [9.17, 15) is 8.42 Å². The van der Waals surface area contributed by atoms with Crippen LogP contribution in [-0.4, -0.2) is 20.7 Å². The summed E-state index contributed by atoms with van der Waals surface area (Å²) < 4.78 is 23.8. The number of nitrogens with one attached hydrogen (secondary N) is 1. The Balaban J connectivity index is 2.31. The molecule has 90 valence electrons. The molecule has 1 aromatic rings. The van der Waals surface area contributed by atoms with Crippen LogP contribution in [0.3, 0.4) is 0 Å². The van der Waals surface area contributed by atoms with Crippen LogP contribution in [0.4, 0.5) is 0 Å². The van der Waals surface area contributed by atoms with Crippen LogP contribution in [0.15, 0.2) is 29.2 Å². The molecule has 1 heterocycles. The zero-order chi connectivity index (χ0) is 12.3. The van der Waals surface area contributed by atoms with Crippen molar-refractivity contribution in [3.8, 4) is 11.8 Å². The molecule has 0 amide bonds. The lowest BCUT2D eigenvalue weighted by Gasteiger charge is -2.25. The molecule has 1 unspecified atom stereocenters. The number of benzene rings is 1. The van der Waals surface area contributed by atoms with Crippen molar-refractivity contribution in [1.82, 2.24) is 5.32 Å². The molecule has 4 heteroatoms. The molecule has 0 saturated carbocycles. The third-order valence-corrected chi connectivity index (χ3v) is 4.73. The maximum atomic E-state index is 11.9. The highest BCUT2D eigenvalue weighted by molar-refractivity contribution is 7.91. The van der Waals surface area contributed by atoms with Gasteiger partial charge in [0.25, 0.3) is 0 Å². The predicted octanol–water partition coefficient (Wildman–Crippen LogP) is 1.52. The second-order valence-corrected chi connectivity index (χ2v) is 6.08. The van der Waals surface area contributed by atoms with Crippen LogP contribution in [-0.2, 0) is 9.84 Å². The molecule has 0 radical (unpaired) electrons. The van der Waals surface area contributed by atoms with Gasteiger partial charge in [-0.15, -0.1) is 5.92 Å². The van der Waals surface area contributed by atoms with Gasteiger partial charge < -0.3 is 0 Å². The maximum absolute atomic E-state index is 11.9. The molecular weight excluding hydrogens is 234 g/mol. The second kappa shape index (κ2) is 4.91. The van der Waals surface area contributed by atoms with Crippen LogP contribution < -0.4 is 5.32 Å². The van der Waals surface area contributed by atoms with E-state index >= 15 is 0 Å². The van der Waals surface area contributed by atoms with Crippen molar-refractivity contribution in [3.05, 3.63) is 29.8 Å². The maximum Gasteiger partial charge on any atom is 0.178 e. The Labute approximate surface area is 102 Å². The standard InChI is InChI=1S/C13H15NO2S/c1-2-3-9-14-12-8-10-17(15,16)13-7-5-4-6-11(12)13/h4-7,12,14H,8-10H2,1H3. The minimum absolute atomic E-state index is 0.0931. The van der Waals surface area contributed by atoms with E-state index in [4.69, 9.17) is 0 Å². The van der Waals surface area contributed by atoms with Gasteiger partial charge in [0.2, 0.25) is 0 Å². The first kappa shape index (κ1) is 12.2. The van der Waals surface area contributed by atoms with Crippen molar-refractivity contribution < 1.29 is 8.42 Å². The number of hydrogen-bond donors (Lipinski definition) is 1. The van der Waals surface area contributed by atoms with E-state index in [2.05, 4.69) is 17.2 Å². The zero-order valence-corrected chi connectivity index (χ0v) is 10.5. The third-order valence-electron chi connectivity index (χ3n) is 2.92. The van der Waals surface area contributed by atoms with Crippen LogP contribution in [0.2, 0.25) is 0 Å². The van der Waals surface area contributed by atoms with E-state index in [-0.39, 0.29) is 11.8 Å². The average Bonchev–Trinajstić information content (AvgIpc) is 2.33. The summed E-state index contributed by atoms with van der Waals surface area (Å²) in [4.78, 5) is 0.466. The van der Waals surface area contributed by atoms with E-state index < -0.39 is 9.84 Å². The first-order valence-electron chi connectivity index (χ1n) is 5.60. The van der Waals surface area contributed by atoms with E-state index in [1.165, 1.54) is 0 Å². The number of fused-ring (bicyclic) bond motifs is 1. The van der Waals surface area contributed by atoms with E-state index in [1.54, 1.807) is 19.1 Å². The highest BCUT2D eigenvalue weighted by Gasteiger charge is 2.29. The molecule has 0 aromatic heterocycles. The lowest BCUT2D eigenvalue weighted by atomic mass is 10.0. The molecule has 3 nitrogen and oxygen atoms in total. The van der Waals surface area contributed by atoms with Gasteiger partial charge in [0.05, 0.1) is 17.2 Å². The van der Waals surface area contributed by atoms with Crippen LogP contribution in [0, 0.1) is 11.8 Å². The fraction of sp³-hybridized carbons (Fsp3) is 0.385. The molecule has 0 saturated heterocycles. The molecule has 0 spiro atoms. The van der Waals surface area contributed by atoms with Crippen LogP contribution >= 0.6 is 0 Å². The van der Waals surface area contributed by atoms with E-state index in [0.29, 0.717) is 17.9 Å². The molecule has 1 aliphatic heterocycles. The van der Waals surface area contributed by atoms with Crippen molar-refractivity contribution >= 4 is 9.84 Å². The monoisotopic (exact) mass is 249 g/mol. The summed E-state index contributed by atoms with van der Waals surface area (Å²) in [5.74, 6) is 5.96. The van der Waals surface area contributed by atoms with Crippen molar-refractivity contribution in [2.24, 2.45) is 0 Å². The van der Waals surface area contributed by atoms with Gasteiger partial charge in [-0.3, -0.25) is 5.32 Å². The highest BCUT2D eigenvalue weighted by atomic mass is 32.2. The lowest BCUT2D eigenvalue weighted by molar-refractivity contribution is 0.516. The minimum Gasteiger partial charge on any atom is -0.299 e. The van der Waals surface area contributed by atoms with Gasteiger partial charge in [0.1, 0.15) is 0 Å². The Morgan fingerprint density at radius 1 is 1.41 bits per heavy atom. The first-order chi connectivity index (χ1) is 8.15. The Kier molecular flexibility index (Phi) is 3.51. The van der Waals surface area contributed by atoms with E-state index in [1.807, 2.05) is 12.1 Å². The lowest BCUT2D eigenvalue weighted by Crippen LogP contribution is -2.29. The summed E-state index contributed by atoms with van der Waals surface area (Å²) in [6.45, 7) is 2.39. The molecule has 17 heavy (non-hydrogen) atoms. The van der Waals surface area contributed by atoms with Gasteiger partial charge in [-0.25, -0.2) is 8.42 Å². The number of sulfone groups is 1. The molecule has 0 aliphatic carbocycles. The minimum atomic E-state index is -3.08.